The number of likely N-dealkylation sites (N-methyl/N-ethyl adjacent to an activating group) is 1. The van der Waals surface area contributed by atoms with Crippen molar-refractivity contribution in [2.24, 2.45) is 17.3 Å². The Hall–Kier alpha value is -2.01. The Bertz CT molecular complexity index is 750. The van der Waals surface area contributed by atoms with Crippen molar-refractivity contribution in [3.8, 4) is 11.4 Å². The van der Waals surface area contributed by atoms with Gasteiger partial charge in [0.05, 0.1) is 6.54 Å². The van der Waals surface area contributed by atoms with Gasteiger partial charge in [0.1, 0.15) is 0 Å². The van der Waals surface area contributed by atoms with E-state index < -0.39 is 0 Å². The number of nitrogens with zero attached hydrogens (tertiary/aromatic N) is 4. The van der Waals surface area contributed by atoms with Crippen molar-refractivity contribution in [3.05, 3.63) is 42.1 Å². The molecule has 5 nitrogen and oxygen atoms in total. The molecule has 0 N–H and O–H groups in total. The molecule has 0 radical (unpaired) electrons. The molecule has 0 amide bonds. The third-order valence-corrected chi connectivity index (χ3v) is 5.85. The fraction of sp³-hybridized carbons (Fsp3) is 0.526. The molecular formula is C19H24N4O. The maximum absolute atomic E-state index is 5.41. The summed E-state index contributed by atoms with van der Waals surface area (Å²) < 4.78 is 5.41. The number of allylic oxidation sites excluding steroid dienone is 1. The first kappa shape index (κ1) is 15.5. The first-order valence-electron chi connectivity index (χ1n) is 8.64. The minimum Gasteiger partial charge on any atom is -0.338 e. The van der Waals surface area contributed by atoms with E-state index in [2.05, 4.69) is 47.0 Å². The lowest BCUT2D eigenvalue weighted by Gasteiger charge is -2.56. The lowest BCUT2D eigenvalue weighted by molar-refractivity contribution is -0.0103. The highest BCUT2D eigenvalue weighted by Gasteiger charge is 2.50. The summed E-state index contributed by atoms with van der Waals surface area (Å²) in [5, 5.41) is 4.08. The minimum atomic E-state index is 0.476. The van der Waals surface area contributed by atoms with Crippen molar-refractivity contribution >= 4 is 0 Å². The largest absolute Gasteiger partial charge is 0.338 e. The van der Waals surface area contributed by atoms with Crippen LogP contribution >= 0.6 is 0 Å². The Balaban J connectivity index is 1.40. The van der Waals surface area contributed by atoms with Gasteiger partial charge in [0, 0.05) is 24.5 Å². The molecule has 3 aliphatic rings. The van der Waals surface area contributed by atoms with Crippen LogP contribution in [0.15, 0.2) is 40.7 Å². The monoisotopic (exact) mass is 324 g/mol. The van der Waals surface area contributed by atoms with Crippen molar-refractivity contribution in [1.82, 2.24) is 20.0 Å². The molecule has 5 rings (SSSR count). The van der Waals surface area contributed by atoms with Crippen LogP contribution in [-0.2, 0) is 6.54 Å². The molecule has 3 aliphatic carbocycles. The summed E-state index contributed by atoms with van der Waals surface area (Å²) in [6.45, 7) is 6.48. The second kappa shape index (κ2) is 5.81. The van der Waals surface area contributed by atoms with Crippen LogP contribution in [-0.4, -0.2) is 33.6 Å². The highest BCUT2D eigenvalue weighted by Crippen LogP contribution is 2.59. The summed E-state index contributed by atoms with van der Waals surface area (Å²) in [5.41, 5.74) is 2.99. The number of aromatic nitrogens is 3. The zero-order valence-corrected chi connectivity index (χ0v) is 14.6. The molecule has 0 saturated heterocycles. The first-order valence-corrected chi connectivity index (χ1v) is 8.64. The van der Waals surface area contributed by atoms with Crippen molar-refractivity contribution in [2.75, 3.05) is 13.6 Å². The first-order chi connectivity index (χ1) is 11.5. The third kappa shape index (κ3) is 2.67. The summed E-state index contributed by atoms with van der Waals surface area (Å²) in [4.78, 5) is 10.8. The van der Waals surface area contributed by atoms with E-state index in [9.17, 15) is 0 Å². The van der Waals surface area contributed by atoms with Gasteiger partial charge in [0.15, 0.2) is 0 Å². The number of hydrogen-bond acceptors (Lipinski definition) is 5. The van der Waals surface area contributed by atoms with Crippen molar-refractivity contribution in [3.63, 3.8) is 0 Å². The Morgan fingerprint density at radius 3 is 2.75 bits per heavy atom. The maximum Gasteiger partial charge on any atom is 0.241 e. The average molecular weight is 324 g/mol. The van der Waals surface area contributed by atoms with Gasteiger partial charge in [-0.25, -0.2) is 0 Å². The van der Waals surface area contributed by atoms with E-state index in [1.165, 1.54) is 12.8 Å². The molecule has 2 aromatic heterocycles. The summed E-state index contributed by atoms with van der Waals surface area (Å²) in [6.07, 6.45) is 8.52. The molecule has 5 heteroatoms. The Morgan fingerprint density at radius 2 is 2.04 bits per heavy atom. The van der Waals surface area contributed by atoms with Gasteiger partial charge < -0.3 is 4.52 Å². The molecule has 2 atom stereocenters. The Kier molecular flexibility index (Phi) is 3.76. The predicted molar refractivity (Wildman–Crippen MR) is 91.9 cm³/mol. The van der Waals surface area contributed by atoms with Gasteiger partial charge in [-0.2, -0.15) is 4.98 Å². The van der Waals surface area contributed by atoms with Gasteiger partial charge in [0.2, 0.25) is 11.7 Å². The Morgan fingerprint density at radius 1 is 1.25 bits per heavy atom. The normalized spacial score (nSPS) is 24.6. The number of rotatable bonds is 5. The van der Waals surface area contributed by atoms with Crippen LogP contribution in [0.2, 0.25) is 0 Å². The maximum atomic E-state index is 5.41. The molecule has 1 fully saturated rings. The van der Waals surface area contributed by atoms with E-state index in [-0.39, 0.29) is 0 Å². The van der Waals surface area contributed by atoms with Gasteiger partial charge >= 0.3 is 0 Å². The number of pyridine rings is 1. The zero-order valence-electron chi connectivity index (χ0n) is 14.6. The molecule has 0 aromatic carbocycles. The van der Waals surface area contributed by atoms with E-state index >= 15 is 0 Å². The molecular weight excluding hydrogens is 300 g/mol. The standard InChI is InChI=1S/C19H24N4O/c1-19(2)15-5-4-14(16(19)10-15)11-23(3)12-17-21-18(22-24-17)13-6-8-20-9-7-13/h4,6-9,15-16H,5,10-12H2,1-3H3/t15-,16-/m0/s1. The van der Waals surface area contributed by atoms with Crippen molar-refractivity contribution < 1.29 is 4.52 Å². The highest BCUT2D eigenvalue weighted by molar-refractivity contribution is 5.52. The molecule has 1 saturated carbocycles. The molecule has 2 aromatic rings. The van der Waals surface area contributed by atoms with Crippen LogP contribution in [0.5, 0.6) is 0 Å². The van der Waals surface area contributed by atoms with Gasteiger partial charge in [-0.3, -0.25) is 9.88 Å². The molecule has 2 bridgehead atoms. The van der Waals surface area contributed by atoms with Crippen LogP contribution in [0.25, 0.3) is 11.4 Å². The fourth-order valence-corrected chi connectivity index (χ4v) is 4.19. The molecule has 0 unspecified atom stereocenters. The second-order valence-corrected chi connectivity index (χ2v) is 7.74. The van der Waals surface area contributed by atoms with Crippen molar-refractivity contribution in [2.45, 2.75) is 33.2 Å². The van der Waals surface area contributed by atoms with Crippen LogP contribution in [0.3, 0.4) is 0 Å². The summed E-state index contributed by atoms with van der Waals surface area (Å²) in [5.74, 6) is 2.91. The van der Waals surface area contributed by atoms with Gasteiger partial charge in [0.25, 0.3) is 0 Å². The highest BCUT2D eigenvalue weighted by atomic mass is 16.5. The molecule has 2 heterocycles. The quantitative estimate of drug-likeness (QED) is 0.787. The lowest BCUT2D eigenvalue weighted by Crippen LogP contribution is -2.49. The van der Waals surface area contributed by atoms with Crippen LogP contribution < -0.4 is 0 Å². The predicted octanol–water partition coefficient (Wildman–Crippen LogP) is 3.56. The topological polar surface area (TPSA) is 55.1 Å². The van der Waals surface area contributed by atoms with E-state index in [4.69, 9.17) is 4.52 Å². The van der Waals surface area contributed by atoms with Crippen LogP contribution in [0.1, 0.15) is 32.6 Å². The second-order valence-electron chi connectivity index (χ2n) is 7.74. The van der Waals surface area contributed by atoms with Crippen LogP contribution in [0.4, 0.5) is 0 Å². The number of fused-ring (bicyclic) bond motifs is 1. The molecule has 0 spiro atoms. The number of hydrogen-bond donors (Lipinski definition) is 0. The van der Waals surface area contributed by atoms with E-state index in [1.807, 2.05) is 12.1 Å². The summed E-state index contributed by atoms with van der Waals surface area (Å²) in [6, 6.07) is 3.78. The molecule has 126 valence electrons. The fourth-order valence-electron chi connectivity index (χ4n) is 4.19. The van der Waals surface area contributed by atoms with Gasteiger partial charge in [-0.15, -0.1) is 0 Å². The summed E-state index contributed by atoms with van der Waals surface area (Å²) in [7, 11) is 2.12. The smallest absolute Gasteiger partial charge is 0.241 e. The van der Waals surface area contributed by atoms with Gasteiger partial charge in [-0.05, 0) is 49.3 Å². The van der Waals surface area contributed by atoms with Crippen LogP contribution in [0, 0.1) is 17.3 Å². The Labute approximate surface area is 142 Å². The van der Waals surface area contributed by atoms with Gasteiger partial charge in [-0.1, -0.05) is 30.7 Å². The van der Waals surface area contributed by atoms with E-state index in [1.54, 1.807) is 18.0 Å². The van der Waals surface area contributed by atoms with E-state index in [0.717, 1.165) is 23.9 Å². The molecule has 24 heavy (non-hydrogen) atoms. The third-order valence-electron chi connectivity index (χ3n) is 5.85. The average Bonchev–Trinajstić information content (AvgIpc) is 3.04. The SMILES string of the molecule is CN(CC1=CC[C@H]2C[C@@H]1C2(C)C)Cc1nc(-c2ccncc2)no1. The summed E-state index contributed by atoms with van der Waals surface area (Å²) >= 11 is 0. The van der Waals surface area contributed by atoms with Crippen molar-refractivity contribution in [1.29, 1.82) is 0 Å². The van der Waals surface area contributed by atoms with E-state index in [0.29, 0.717) is 23.7 Å². The zero-order chi connectivity index (χ0) is 16.7. The lowest BCUT2D eigenvalue weighted by atomic mass is 9.49. The molecule has 0 aliphatic heterocycles. The minimum absolute atomic E-state index is 0.476.